The number of hydrogen-bond donors (Lipinski definition) is 0. The lowest BCUT2D eigenvalue weighted by molar-refractivity contribution is 0.0842. The van der Waals surface area contributed by atoms with Gasteiger partial charge in [0.2, 0.25) is 0 Å². The number of aryl methyl sites for hydroxylation is 1. The fourth-order valence-corrected chi connectivity index (χ4v) is 2.76. The second-order valence-corrected chi connectivity index (χ2v) is 5.67. The Balaban J connectivity index is 1.94. The van der Waals surface area contributed by atoms with Crippen molar-refractivity contribution in [1.29, 1.82) is 0 Å². The molecule has 0 aromatic heterocycles. The summed E-state index contributed by atoms with van der Waals surface area (Å²) < 4.78 is 12.0. The van der Waals surface area contributed by atoms with Crippen LogP contribution in [0.25, 0.3) is 0 Å². The average Bonchev–Trinajstić information content (AvgIpc) is 2.83. The van der Waals surface area contributed by atoms with E-state index in [2.05, 4.69) is 39.0 Å². The summed E-state index contributed by atoms with van der Waals surface area (Å²) in [6.07, 6.45) is 3.78. The van der Waals surface area contributed by atoms with Crippen LogP contribution in [0.15, 0.2) is 18.2 Å². The molecule has 2 aliphatic rings. The van der Waals surface area contributed by atoms with E-state index < -0.39 is 0 Å². The van der Waals surface area contributed by atoms with Crippen molar-refractivity contribution in [1.82, 2.24) is 0 Å². The molecule has 1 aromatic carbocycles. The molecule has 1 aliphatic heterocycles. The number of fused-ring (bicyclic) bond motifs is 1. The Hall–Kier alpha value is -0.795. The van der Waals surface area contributed by atoms with E-state index in [0.29, 0.717) is 0 Å². The van der Waals surface area contributed by atoms with Crippen LogP contribution < -0.4 is 5.46 Å². The Bertz CT molecular complexity index is 442. The molecule has 17 heavy (non-hydrogen) atoms. The van der Waals surface area contributed by atoms with Crippen LogP contribution in [0.1, 0.15) is 38.3 Å². The number of benzene rings is 1. The molecule has 0 radical (unpaired) electrons. The van der Waals surface area contributed by atoms with Crippen LogP contribution in [0.5, 0.6) is 0 Å². The van der Waals surface area contributed by atoms with Crippen LogP contribution in [0.3, 0.4) is 0 Å². The topological polar surface area (TPSA) is 18.5 Å². The van der Waals surface area contributed by atoms with E-state index in [4.69, 9.17) is 9.31 Å². The van der Waals surface area contributed by atoms with Crippen molar-refractivity contribution in [2.75, 3.05) is 0 Å². The van der Waals surface area contributed by atoms with Gasteiger partial charge in [-0.1, -0.05) is 18.2 Å². The first kappa shape index (κ1) is 11.3. The quantitative estimate of drug-likeness (QED) is 0.687. The molecule has 90 valence electrons. The highest BCUT2D eigenvalue weighted by Crippen LogP contribution is 2.29. The van der Waals surface area contributed by atoms with Crippen LogP contribution in [0.2, 0.25) is 0 Å². The lowest BCUT2D eigenvalue weighted by Crippen LogP contribution is -2.36. The largest absolute Gasteiger partial charge is 0.494 e. The molecular formula is C14H19BO2. The first-order valence-electron chi connectivity index (χ1n) is 6.52. The van der Waals surface area contributed by atoms with E-state index in [9.17, 15) is 0 Å². The monoisotopic (exact) mass is 230 g/mol. The molecule has 3 heteroatoms. The summed E-state index contributed by atoms with van der Waals surface area (Å²) in [4.78, 5) is 0. The Kier molecular flexibility index (Phi) is 2.56. The van der Waals surface area contributed by atoms with E-state index in [1.165, 1.54) is 35.9 Å². The van der Waals surface area contributed by atoms with Gasteiger partial charge in [0.25, 0.3) is 0 Å². The molecule has 1 atom stereocenters. The van der Waals surface area contributed by atoms with Gasteiger partial charge < -0.3 is 9.31 Å². The molecule has 0 bridgehead atoms. The lowest BCUT2D eigenvalue weighted by atomic mass is 9.75. The molecular weight excluding hydrogens is 211 g/mol. The summed E-state index contributed by atoms with van der Waals surface area (Å²) >= 11 is 0. The van der Waals surface area contributed by atoms with Gasteiger partial charge in [-0.2, -0.15) is 0 Å². The van der Waals surface area contributed by atoms with Crippen molar-refractivity contribution < 1.29 is 9.31 Å². The SMILES string of the molecule is CC1OB(c2cccc3c2CCC3)OC1(C)C. The van der Waals surface area contributed by atoms with Gasteiger partial charge in [-0.25, -0.2) is 0 Å². The molecule has 3 rings (SSSR count). The van der Waals surface area contributed by atoms with Gasteiger partial charge in [-0.15, -0.1) is 0 Å². The summed E-state index contributed by atoms with van der Waals surface area (Å²) in [6, 6.07) is 6.51. The highest BCUT2D eigenvalue weighted by atomic mass is 16.7. The van der Waals surface area contributed by atoms with Crippen molar-refractivity contribution in [3.05, 3.63) is 29.3 Å². The fraction of sp³-hybridized carbons (Fsp3) is 0.571. The van der Waals surface area contributed by atoms with Gasteiger partial charge in [0.15, 0.2) is 0 Å². The van der Waals surface area contributed by atoms with Crippen LogP contribution in [0, 0.1) is 0 Å². The second kappa shape index (κ2) is 3.86. The maximum absolute atomic E-state index is 6.05. The first-order chi connectivity index (χ1) is 8.08. The molecule has 1 saturated heterocycles. The van der Waals surface area contributed by atoms with Gasteiger partial charge in [-0.05, 0) is 56.6 Å². The predicted octanol–water partition coefficient (Wildman–Crippen LogP) is 2.08. The summed E-state index contributed by atoms with van der Waals surface area (Å²) in [6.45, 7) is 6.28. The summed E-state index contributed by atoms with van der Waals surface area (Å²) in [5, 5.41) is 0. The molecule has 1 heterocycles. The second-order valence-electron chi connectivity index (χ2n) is 5.67. The van der Waals surface area contributed by atoms with Gasteiger partial charge in [0, 0.05) is 0 Å². The molecule has 1 aromatic rings. The van der Waals surface area contributed by atoms with Crippen LogP contribution in [-0.2, 0) is 22.2 Å². The standard InChI is InChI=1S/C14H19BO2/c1-10-14(2,3)17-15(16-10)13-9-5-7-11-6-4-8-12(11)13/h5,7,9-10H,4,6,8H2,1-3H3. The molecule has 1 aliphatic carbocycles. The molecule has 0 saturated carbocycles. The van der Waals surface area contributed by atoms with Crippen LogP contribution in [-0.4, -0.2) is 18.8 Å². The van der Waals surface area contributed by atoms with Gasteiger partial charge in [0.05, 0.1) is 11.7 Å². The van der Waals surface area contributed by atoms with Crippen molar-refractivity contribution in [2.45, 2.75) is 51.7 Å². The third-order valence-corrected chi connectivity index (χ3v) is 4.15. The zero-order valence-electron chi connectivity index (χ0n) is 10.8. The average molecular weight is 230 g/mol. The van der Waals surface area contributed by atoms with Crippen molar-refractivity contribution in [3.8, 4) is 0 Å². The maximum atomic E-state index is 6.05. The Labute approximate surface area is 103 Å². The highest BCUT2D eigenvalue weighted by molar-refractivity contribution is 6.62. The van der Waals surface area contributed by atoms with Crippen molar-refractivity contribution >= 4 is 12.6 Å². The normalized spacial score (nSPS) is 26.3. The first-order valence-corrected chi connectivity index (χ1v) is 6.52. The molecule has 2 nitrogen and oxygen atoms in total. The van der Waals surface area contributed by atoms with E-state index in [0.717, 1.165) is 0 Å². The Morgan fingerprint density at radius 3 is 2.82 bits per heavy atom. The fourth-order valence-electron chi connectivity index (χ4n) is 2.76. The maximum Gasteiger partial charge on any atom is 0.494 e. The molecule has 0 spiro atoms. The predicted molar refractivity (Wildman–Crippen MR) is 69.6 cm³/mol. The molecule has 1 unspecified atom stereocenters. The summed E-state index contributed by atoms with van der Waals surface area (Å²) in [7, 11) is -0.173. The third kappa shape index (κ3) is 1.82. The van der Waals surface area contributed by atoms with E-state index in [-0.39, 0.29) is 18.8 Å². The Morgan fingerprint density at radius 2 is 2.12 bits per heavy atom. The van der Waals surface area contributed by atoms with Crippen molar-refractivity contribution in [3.63, 3.8) is 0 Å². The van der Waals surface area contributed by atoms with Crippen LogP contribution in [0.4, 0.5) is 0 Å². The minimum atomic E-state index is -0.188. The minimum absolute atomic E-state index is 0.143. The molecule has 1 fully saturated rings. The molecule has 0 N–H and O–H groups in total. The lowest BCUT2D eigenvalue weighted by Gasteiger charge is -2.21. The molecule has 0 amide bonds. The third-order valence-electron chi connectivity index (χ3n) is 4.15. The zero-order valence-corrected chi connectivity index (χ0v) is 10.8. The number of rotatable bonds is 1. The summed E-state index contributed by atoms with van der Waals surface area (Å²) in [5.74, 6) is 0. The Morgan fingerprint density at radius 1 is 1.29 bits per heavy atom. The number of hydrogen-bond acceptors (Lipinski definition) is 2. The zero-order chi connectivity index (χ0) is 12.0. The van der Waals surface area contributed by atoms with E-state index in [1.807, 2.05) is 0 Å². The van der Waals surface area contributed by atoms with Crippen LogP contribution >= 0.6 is 0 Å². The van der Waals surface area contributed by atoms with Gasteiger partial charge in [0.1, 0.15) is 0 Å². The summed E-state index contributed by atoms with van der Waals surface area (Å²) in [5.41, 5.74) is 4.00. The highest BCUT2D eigenvalue weighted by Gasteiger charge is 2.44. The van der Waals surface area contributed by atoms with Gasteiger partial charge in [-0.3, -0.25) is 0 Å². The van der Waals surface area contributed by atoms with Gasteiger partial charge >= 0.3 is 7.12 Å². The van der Waals surface area contributed by atoms with E-state index >= 15 is 0 Å². The van der Waals surface area contributed by atoms with Crippen molar-refractivity contribution in [2.24, 2.45) is 0 Å². The van der Waals surface area contributed by atoms with E-state index in [1.54, 1.807) is 0 Å². The smallest absolute Gasteiger partial charge is 0.402 e. The minimum Gasteiger partial charge on any atom is -0.402 e.